The highest BCUT2D eigenvalue weighted by Gasteiger charge is 2.13. The lowest BCUT2D eigenvalue weighted by atomic mass is 10.2. The Bertz CT molecular complexity index is 1060. The second kappa shape index (κ2) is 6.39. The van der Waals surface area contributed by atoms with Crippen LogP contribution in [0, 0.1) is 5.82 Å². The number of anilines is 2. The number of hydrogen-bond acceptors (Lipinski definition) is 2. The van der Waals surface area contributed by atoms with E-state index in [9.17, 15) is 4.39 Å². The Balaban J connectivity index is 1.87. The molecular weight excluding hydrogens is 360 g/mol. The van der Waals surface area contributed by atoms with Crippen LogP contribution in [0.1, 0.15) is 0 Å². The van der Waals surface area contributed by atoms with Crippen molar-refractivity contribution in [2.45, 2.75) is 0 Å². The number of fused-ring (bicyclic) bond motifs is 1. The van der Waals surface area contributed by atoms with E-state index < -0.39 is 5.82 Å². The largest absolute Gasteiger partial charge is 0.340 e. The fraction of sp³-hybridized carbons (Fsp3) is 0. The first-order chi connectivity index (χ1) is 12.1. The number of rotatable bonds is 3. The summed E-state index contributed by atoms with van der Waals surface area (Å²) in [7, 11) is 0. The topological polar surface area (TPSA) is 29.9 Å². The lowest BCUT2D eigenvalue weighted by molar-refractivity contribution is 0.628. The fourth-order valence-corrected chi connectivity index (χ4v) is 2.94. The maximum Gasteiger partial charge on any atom is 0.142 e. The summed E-state index contributed by atoms with van der Waals surface area (Å²) in [5.74, 6) is 0.309. The van der Waals surface area contributed by atoms with E-state index in [1.165, 1.54) is 6.07 Å². The van der Waals surface area contributed by atoms with Crippen LogP contribution in [0.5, 0.6) is 0 Å². The summed E-state index contributed by atoms with van der Waals surface area (Å²) < 4.78 is 15.2. The van der Waals surface area contributed by atoms with Crippen molar-refractivity contribution in [3.8, 4) is 5.69 Å². The third-order valence-electron chi connectivity index (χ3n) is 3.83. The maximum atomic E-state index is 13.4. The molecule has 0 saturated carbocycles. The van der Waals surface area contributed by atoms with E-state index >= 15 is 0 Å². The lowest BCUT2D eigenvalue weighted by Crippen LogP contribution is -2.02. The number of hydrogen-bond donors (Lipinski definition) is 1. The molecule has 1 aromatic heterocycles. The highest BCUT2D eigenvalue weighted by molar-refractivity contribution is 6.31. The number of benzene rings is 3. The lowest BCUT2D eigenvalue weighted by Gasteiger charge is -2.11. The molecule has 0 aliphatic rings. The van der Waals surface area contributed by atoms with E-state index in [-0.39, 0.29) is 5.02 Å². The summed E-state index contributed by atoms with van der Waals surface area (Å²) in [6, 6.07) is 19.7. The first kappa shape index (κ1) is 15.9. The summed E-state index contributed by atoms with van der Waals surface area (Å²) >= 11 is 11.9. The zero-order valence-corrected chi connectivity index (χ0v) is 14.4. The van der Waals surface area contributed by atoms with Crippen molar-refractivity contribution in [3.63, 3.8) is 0 Å². The number of halogens is 3. The van der Waals surface area contributed by atoms with Crippen LogP contribution in [0.15, 0.2) is 66.7 Å². The molecule has 0 aliphatic carbocycles. The van der Waals surface area contributed by atoms with Crippen LogP contribution in [-0.4, -0.2) is 9.78 Å². The maximum absolute atomic E-state index is 13.4. The summed E-state index contributed by atoms with van der Waals surface area (Å²) in [6.07, 6.45) is 0. The Kier molecular flexibility index (Phi) is 4.07. The van der Waals surface area contributed by atoms with E-state index in [1.807, 2.05) is 48.5 Å². The van der Waals surface area contributed by atoms with Gasteiger partial charge in [-0.25, -0.2) is 9.07 Å². The highest BCUT2D eigenvalue weighted by Crippen LogP contribution is 2.30. The average Bonchev–Trinajstić information content (AvgIpc) is 2.97. The van der Waals surface area contributed by atoms with Crippen molar-refractivity contribution in [1.29, 1.82) is 0 Å². The van der Waals surface area contributed by atoms with E-state index in [0.717, 1.165) is 22.4 Å². The molecule has 0 fully saturated rings. The standard InChI is InChI=1S/C19H12Cl2FN3/c20-12-5-8-14(9-6-12)25-19(15-3-1-2-4-18(15)24-25)23-13-7-10-17(22)16(21)11-13/h1-11,23H. The Morgan fingerprint density at radius 3 is 2.44 bits per heavy atom. The molecule has 0 unspecified atom stereocenters. The normalized spacial score (nSPS) is 11.0. The molecule has 25 heavy (non-hydrogen) atoms. The quantitative estimate of drug-likeness (QED) is 0.463. The minimum atomic E-state index is -0.455. The summed E-state index contributed by atoms with van der Waals surface area (Å²) in [5, 5.41) is 9.60. The minimum absolute atomic E-state index is 0.0619. The first-order valence-electron chi connectivity index (χ1n) is 7.57. The molecule has 0 radical (unpaired) electrons. The number of aromatic nitrogens is 2. The summed E-state index contributed by atoms with van der Waals surface area (Å²) in [6.45, 7) is 0. The van der Waals surface area contributed by atoms with Gasteiger partial charge in [-0.05, 0) is 54.6 Å². The van der Waals surface area contributed by atoms with Gasteiger partial charge in [-0.3, -0.25) is 0 Å². The van der Waals surface area contributed by atoms with Gasteiger partial charge in [0, 0.05) is 16.1 Å². The number of nitrogens with zero attached hydrogens (tertiary/aromatic N) is 2. The van der Waals surface area contributed by atoms with Crippen LogP contribution in [-0.2, 0) is 0 Å². The van der Waals surface area contributed by atoms with Gasteiger partial charge in [-0.2, -0.15) is 5.10 Å². The van der Waals surface area contributed by atoms with Crippen molar-refractivity contribution < 1.29 is 4.39 Å². The smallest absolute Gasteiger partial charge is 0.142 e. The molecule has 0 bridgehead atoms. The van der Waals surface area contributed by atoms with Crippen molar-refractivity contribution in [2.24, 2.45) is 0 Å². The molecule has 4 aromatic rings. The molecule has 6 heteroatoms. The predicted molar refractivity (Wildman–Crippen MR) is 101 cm³/mol. The van der Waals surface area contributed by atoms with E-state index in [1.54, 1.807) is 16.8 Å². The average molecular weight is 372 g/mol. The van der Waals surface area contributed by atoms with Gasteiger partial charge in [0.2, 0.25) is 0 Å². The molecule has 0 amide bonds. The molecule has 1 heterocycles. The minimum Gasteiger partial charge on any atom is -0.340 e. The van der Waals surface area contributed by atoms with Gasteiger partial charge >= 0.3 is 0 Å². The number of nitrogens with one attached hydrogen (secondary N) is 1. The zero-order chi connectivity index (χ0) is 17.4. The van der Waals surface area contributed by atoms with Gasteiger partial charge in [0.05, 0.1) is 16.2 Å². The van der Waals surface area contributed by atoms with Crippen LogP contribution in [0.4, 0.5) is 15.9 Å². The zero-order valence-electron chi connectivity index (χ0n) is 12.9. The van der Waals surface area contributed by atoms with E-state index in [0.29, 0.717) is 10.7 Å². The van der Waals surface area contributed by atoms with Crippen molar-refractivity contribution in [1.82, 2.24) is 9.78 Å². The van der Waals surface area contributed by atoms with Gasteiger partial charge in [0.1, 0.15) is 11.6 Å². The molecular formula is C19H12Cl2FN3. The third kappa shape index (κ3) is 3.06. The van der Waals surface area contributed by atoms with Gasteiger partial charge in [-0.15, -0.1) is 0 Å². The monoisotopic (exact) mass is 371 g/mol. The molecule has 4 rings (SSSR count). The van der Waals surface area contributed by atoms with Crippen LogP contribution < -0.4 is 5.32 Å². The summed E-state index contributed by atoms with van der Waals surface area (Å²) in [4.78, 5) is 0. The molecule has 3 aromatic carbocycles. The molecule has 1 N–H and O–H groups in total. The molecule has 0 saturated heterocycles. The Labute approximate surface area is 153 Å². The fourth-order valence-electron chi connectivity index (χ4n) is 2.63. The molecule has 0 spiro atoms. The molecule has 0 atom stereocenters. The highest BCUT2D eigenvalue weighted by atomic mass is 35.5. The molecule has 124 valence electrons. The van der Waals surface area contributed by atoms with Crippen molar-refractivity contribution in [2.75, 3.05) is 5.32 Å². The Morgan fingerprint density at radius 1 is 0.920 bits per heavy atom. The molecule has 0 aliphatic heterocycles. The van der Waals surface area contributed by atoms with E-state index in [4.69, 9.17) is 23.2 Å². The van der Waals surface area contributed by atoms with Gasteiger partial charge < -0.3 is 5.32 Å². The predicted octanol–water partition coefficient (Wildman–Crippen LogP) is 6.22. The van der Waals surface area contributed by atoms with Crippen LogP contribution >= 0.6 is 23.2 Å². The molecule has 3 nitrogen and oxygen atoms in total. The van der Waals surface area contributed by atoms with Crippen LogP contribution in [0.2, 0.25) is 10.0 Å². The second-order valence-corrected chi connectivity index (χ2v) is 6.35. The van der Waals surface area contributed by atoms with Gasteiger partial charge in [0.25, 0.3) is 0 Å². The van der Waals surface area contributed by atoms with Gasteiger partial charge in [0.15, 0.2) is 0 Å². The van der Waals surface area contributed by atoms with Crippen LogP contribution in [0.3, 0.4) is 0 Å². The SMILES string of the molecule is Fc1ccc(Nc2c3ccccc3nn2-c2ccc(Cl)cc2)cc1Cl. The Hall–Kier alpha value is -2.56. The van der Waals surface area contributed by atoms with Gasteiger partial charge in [-0.1, -0.05) is 35.3 Å². The Morgan fingerprint density at radius 2 is 1.68 bits per heavy atom. The third-order valence-corrected chi connectivity index (χ3v) is 4.37. The summed E-state index contributed by atoms with van der Waals surface area (Å²) in [5.41, 5.74) is 2.37. The van der Waals surface area contributed by atoms with Crippen LogP contribution in [0.25, 0.3) is 16.6 Å². The van der Waals surface area contributed by atoms with Crippen molar-refractivity contribution >= 4 is 45.6 Å². The first-order valence-corrected chi connectivity index (χ1v) is 8.33. The van der Waals surface area contributed by atoms with Crippen molar-refractivity contribution in [3.05, 3.63) is 82.6 Å². The second-order valence-electron chi connectivity index (χ2n) is 5.51. The van der Waals surface area contributed by atoms with E-state index in [2.05, 4.69) is 10.4 Å².